The Bertz CT molecular complexity index is 412. The minimum absolute atomic E-state index is 0.102. The molecule has 1 N–H and O–H groups in total. The van der Waals surface area contributed by atoms with E-state index in [4.69, 9.17) is 10.00 Å². The van der Waals surface area contributed by atoms with E-state index in [1.54, 1.807) is 0 Å². The van der Waals surface area contributed by atoms with E-state index in [0.29, 0.717) is 6.04 Å². The van der Waals surface area contributed by atoms with E-state index in [1.165, 1.54) is 32.1 Å². The van der Waals surface area contributed by atoms with Crippen molar-refractivity contribution in [1.82, 2.24) is 5.32 Å². The summed E-state index contributed by atoms with van der Waals surface area (Å²) in [5.41, 5.74) is 1.13. The maximum atomic E-state index is 8.61. The number of unbranched alkanes of at least 4 members (excludes halogenated alkanes) is 1. The SMILES string of the molecule is CCCCC(CCC)NCc1ccccc1OCC#N. The third-order valence-electron chi connectivity index (χ3n) is 3.39. The molecule has 1 unspecified atom stereocenters. The van der Waals surface area contributed by atoms with Crippen LogP contribution < -0.4 is 10.1 Å². The molecule has 0 amide bonds. The molecule has 1 rings (SSSR count). The number of benzene rings is 1. The quantitative estimate of drug-likeness (QED) is 0.700. The summed E-state index contributed by atoms with van der Waals surface area (Å²) in [5, 5.41) is 12.2. The zero-order valence-electron chi connectivity index (χ0n) is 12.7. The second kappa shape index (κ2) is 10.3. The molecule has 0 aromatic heterocycles. The summed E-state index contributed by atoms with van der Waals surface area (Å²) in [6, 6.07) is 10.5. The molecule has 20 heavy (non-hydrogen) atoms. The lowest BCUT2D eigenvalue weighted by Crippen LogP contribution is -2.28. The van der Waals surface area contributed by atoms with E-state index in [2.05, 4.69) is 25.2 Å². The summed E-state index contributed by atoms with van der Waals surface area (Å²) in [6.45, 7) is 5.36. The maximum absolute atomic E-state index is 8.61. The fourth-order valence-corrected chi connectivity index (χ4v) is 2.30. The van der Waals surface area contributed by atoms with E-state index >= 15 is 0 Å². The average molecular weight is 274 g/mol. The van der Waals surface area contributed by atoms with Gasteiger partial charge in [0, 0.05) is 18.2 Å². The molecule has 0 saturated carbocycles. The van der Waals surface area contributed by atoms with Crippen LogP contribution in [0.5, 0.6) is 5.75 Å². The smallest absolute Gasteiger partial charge is 0.174 e. The molecular weight excluding hydrogens is 248 g/mol. The first-order chi connectivity index (χ1) is 9.81. The first-order valence-corrected chi connectivity index (χ1v) is 7.62. The number of ether oxygens (including phenoxy) is 1. The fourth-order valence-electron chi connectivity index (χ4n) is 2.30. The Balaban J connectivity index is 2.55. The molecule has 0 heterocycles. The standard InChI is InChI=1S/C17H26N2O/c1-3-5-10-16(8-4-2)19-14-15-9-6-7-11-17(15)20-13-12-18/h6-7,9,11,16,19H,3-5,8,10,13-14H2,1-2H3. The van der Waals surface area contributed by atoms with Crippen LogP contribution in [-0.4, -0.2) is 12.6 Å². The number of hydrogen-bond acceptors (Lipinski definition) is 3. The van der Waals surface area contributed by atoms with Crippen molar-refractivity contribution in [2.45, 2.75) is 58.5 Å². The van der Waals surface area contributed by atoms with E-state index in [-0.39, 0.29) is 6.61 Å². The van der Waals surface area contributed by atoms with Crippen molar-refractivity contribution < 1.29 is 4.74 Å². The molecule has 1 aromatic carbocycles. The van der Waals surface area contributed by atoms with Gasteiger partial charge in [0.15, 0.2) is 6.61 Å². The normalized spacial score (nSPS) is 11.8. The van der Waals surface area contributed by atoms with Gasteiger partial charge in [-0.1, -0.05) is 51.3 Å². The Morgan fingerprint density at radius 1 is 1.20 bits per heavy atom. The van der Waals surface area contributed by atoms with Crippen LogP contribution in [0.2, 0.25) is 0 Å². The highest BCUT2D eigenvalue weighted by atomic mass is 16.5. The molecule has 0 aliphatic rings. The Labute approximate surface area is 123 Å². The van der Waals surface area contributed by atoms with Gasteiger partial charge in [-0.2, -0.15) is 5.26 Å². The highest BCUT2D eigenvalue weighted by Crippen LogP contribution is 2.18. The summed E-state index contributed by atoms with van der Waals surface area (Å²) in [6.07, 6.45) is 6.15. The second-order valence-corrected chi connectivity index (χ2v) is 5.06. The van der Waals surface area contributed by atoms with Crippen molar-refractivity contribution in [3.63, 3.8) is 0 Å². The van der Waals surface area contributed by atoms with Gasteiger partial charge in [0.2, 0.25) is 0 Å². The number of rotatable bonds is 10. The maximum Gasteiger partial charge on any atom is 0.174 e. The lowest BCUT2D eigenvalue weighted by molar-refractivity contribution is 0.359. The first-order valence-electron chi connectivity index (χ1n) is 7.62. The zero-order valence-corrected chi connectivity index (χ0v) is 12.7. The molecule has 0 bridgehead atoms. The van der Waals surface area contributed by atoms with Gasteiger partial charge < -0.3 is 10.1 Å². The lowest BCUT2D eigenvalue weighted by atomic mass is 10.0. The third kappa shape index (κ3) is 6.08. The van der Waals surface area contributed by atoms with Crippen LogP contribution in [0.25, 0.3) is 0 Å². The number of hydrogen-bond donors (Lipinski definition) is 1. The van der Waals surface area contributed by atoms with E-state index < -0.39 is 0 Å². The molecule has 0 fully saturated rings. The Hall–Kier alpha value is -1.53. The molecule has 110 valence electrons. The second-order valence-electron chi connectivity index (χ2n) is 5.06. The summed E-state index contributed by atoms with van der Waals surface area (Å²) in [7, 11) is 0. The van der Waals surface area contributed by atoms with Gasteiger partial charge in [-0.25, -0.2) is 0 Å². The van der Waals surface area contributed by atoms with Crippen LogP contribution in [0.4, 0.5) is 0 Å². The predicted octanol–water partition coefficient (Wildman–Crippen LogP) is 4.04. The summed E-state index contributed by atoms with van der Waals surface area (Å²) >= 11 is 0. The van der Waals surface area contributed by atoms with E-state index in [1.807, 2.05) is 24.3 Å². The molecule has 3 nitrogen and oxygen atoms in total. The van der Waals surface area contributed by atoms with Crippen LogP contribution in [0.15, 0.2) is 24.3 Å². The Kier molecular flexibility index (Phi) is 8.49. The van der Waals surface area contributed by atoms with Gasteiger partial charge in [0.1, 0.15) is 11.8 Å². The lowest BCUT2D eigenvalue weighted by Gasteiger charge is -2.19. The Morgan fingerprint density at radius 3 is 2.70 bits per heavy atom. The van der Waals surface area contributed by atoms with Crippen molar-refractivity contribution in [3.8, 4) is 11.8 Å². The summed E-state index contributed by atoms with van der Waals surface area (Å²) in [5.74, 6) is 0.812. The molecule has 1 atom stereocenters. The predicted molar refractivity (Wildman–Crippen MR) is 82.6 cm³/mol. The molecule has 0 spiro atoms. The summed E-state index contributed by atoms with van der Waals surface area (Å²) in [4.78, 5) is 0. The van der Waals surface area contributed by atoms with Crippen LogP contribution in [0.1, 0.15) is 51.5 Å². The number of nitrogens with one attached hydrogen (secondary N) is 1. The third-order valence-corrected chi connectivity index (χ3v) is 3.39. The highest BCUT2D eigenvalue weighted by molar-refractivity contribution is 5.33. The molecule has 1 aromatic rings. The number of nitriles is 1. The van der Waals surface area contributed by atoms with Gasteiger partial charge in [-0.3, -0.25) is 0 Å². The fraction of sp³-hybridized carbons (Fsp3) is 0.588. The van der Waals surface area contributed by atoms with Crippen molar-refractivity contribution in [2.75, 3.05) is 6.61 Å². The first kappa shape index (κ1) is 16.5. The summed E-state index contributed by atoms with van der Waals surface area (Å²) < 4.78 is 5.46. The van der Waals surface area contributed by atoms with E-state index in [0.717, 1.165) is 17.9 Å². The largest absolute Gasteiger partial charge is 0.478 e. The van der Waals surface area contributed by atoms with Gasteiger partial charge in [-0.15, -0.1) is 0 Å². The van der Waals surface area contributed by atoms with Crippen molar-refractivity contribution in [1.29, 1.82) is 5.26 Å². The van der Waals surface area contributed by atoms with E-state index in [9.17, 15) is 0 Å². The highest BCUT2D eigenvalue weighted by Gasteiger charge is 2.08. The van der Waals surface area contributed by atoms with Crippen molar-refractivity contribution in [2.24, 2.45) is 0 Å². The van der Waals surface area contributed by atoms with Gasteiger partial charge >= 0.3 is 0 Å². The molecule has 3 heteroatoms. The molecule has 0 aliphatic carbocycles. The zero-order chi connectivity index (χ0) is 14.6. The molecule has 0 aliphatic heterocycles. The Morgan fingerprint density at radius 2 is 2.00 bits per heavy atom. The molecule has 0 saturated heterocycles. The van der Waals surface area contributed by atoms with Crippen molar-refractivity contribution in [3.05, 3.63) is 29.8 Å². The minimum Gasteiger partial charge on any atom is -0.478 e. The minimum atomic E-state index is 0.102. The average Bonchev–Trinajstić information content (AvgIpc) is 2.48. The van der Waals surface area contributed by atoms with Crippen LogP contribution in [0.3, 0.4) is 0 Å². The van der Waals surface area contributed by atoms with Crippen LogP contribution in [0, 0.1) is 11.3 Å². The van der Waals surface area contributed by atoms with Crippen molar-refractivity contribution >= 4 is 0 Å². The van der Waals surface area contributed by atoms with Gasteiger partial charge in [0.25, 0.3) is 0 Å². The van der Waals surface area contributed by atoms with Gasteiger partial charge in [-0.05, 0) is 18.9 Å². The molecule has 0 radical (unpaired) electrons. The monoisotopic (exact) mass is 274 g/mol. The topological polar surface area (TPSA) is 45.0 Å². The molecular formula is C17H26N2O. The number of para-hydroxylation sites is 1. The van der Waals surface area contributed by atoms with Crippen LogP contribution in [-0.2, 0) is 6.54 Å². The van der Waals surface area contributed by atoms with Crippen LogP contribution >= 0.6 is 0 Å². The number of nitrogens with zero attached hydrogens (tertiary/aromatic N) is 1. The van der Waals surface area contributed by atoms with Gasteiger partial charge in [0.05, 0.1) is 0 Å².